The Morgan fingerprint density at radius 2 is 2.45 bits per heavy atom. The summed E-state index contributed by atoms with van der Waals surface area (Å²) in [6.45, 7) is 1.59. The van der Waals surface area contributed by atoms with Gasteiger partial charge in [-0.1, -0.05) is 0 Å². The SMILES string of the molecule is Cc1n[nH]c(N)c1OC(=O)O. The lowest BCUT2D eigenvalue weighted by Gasteiger charge is -1.96. The first kappa shape index (κ1) is 7.39. The van der Waals surface area contributed by atoms with Crippen molar-refractivity contribution in [2.24, 2.45) is 0 Å². The van der Waals surface area contributed by atoms with Crippen LogP contribution in [-0.2, 0) is 0 Å². The topological polar surface area (TPSA) is 101 Å². The Hall–Kier alpha value is -1.72. The summed E-state index contributed by atoms with van der Waals surface area (Å²) in [7, 11) is 0. The van der Waals surface area contributed by atoms with Gasteiger partial charge in [-0.2, -0.15) is 5.10 Å². The number of nitrogens with two attached hydrogens (primary N) is 1. The second-order valence-electron chi connectivity index (χ2n) is 1.92. The molecule has 0 unspecified atom stereocenters. The molecule has 1 aromatic rings. The van der Waals surface area contributed by atoms with Crippen LogP contribution in [0.4, 0.5) is 10.6 Å². The molecule has 0 radical (unpaired) electrons. The van der Waals surface area contributed by atoms with Crippen LogP contribution in [0.1, 0.15) is 5.69 Å². The smallest absolute Gasteiger partial charge is 0.449 e. The van der Waals surface area contributed by atoms with Crippen molar-refractivity contribution in [1.82, 2.24) is 10.2 Å². The number of ether oxygens (including phenoxy) is 1. The van der Waals surface area contributed by atoms with Gasteiger partial charge >= 0.3 is 6.16 Å². The van der Waals surface area contributed by atoms with Gasteiger partial charge in [0.25, 0.3) is 0 Å². The van der Waals surface area contributed by atoms with Gasteiger partial charge < -0.3 is 15.6 Å². The highest BCUT2D eigenvalue weighted by molar-refractivity contribution is 5.65. The third-order valence-corrected chi connectivity index (χ3v) is 1.11. The fourth-order valence-electron chi connectivity index (χ4n) is 0.657. The maximum atomic E-state index is 10.1. The number of nitrogens with one attached hydrogen (secondary N) is 1. The highest BCUT2D eigenvalue weighted by atomic mass is 16.7. The van der Waals surface area contributed by atoms with Gasteiger partial charge in [0.1, 0.15) is 5.69 Å². The molecular weight excluding hydrogens is 150 g/mol. The predicted octanol–water partition coefficient (Wildman–Crippen LogP) is 0.357. The summed E-state index contributed by atoms with van der Waals surface area (Å²) in [6.07, 6.45) is -1.40. The summed E-state index contributed by atoms with van der Waals surface area (Å²) in [6, 6.07) is 0. The third-order valence-electron chi connectivity index (χ3n) is 1.11. The van der Waals surface area contributed by atoms with E-state index in [9.17, 15) is 4.79 Å². The molecule has 1 heterocycles. The first-order chi connectivity index (χ1) is 5.11. The van der Waals surface area contributed by atoms with Crippen LogP contribution in [0.15, 0.2) is 0 Å². The van der Waals surface area contributed by atoms with Crippen LogP contribution < -0.4 is 10.5 Å². The molecule has 0 amide bonds. The number of carboxylic acid groups (broad SMARTS) is 1. The van der Waals surface area contributed by atoms with Crippen LogP contribution >= 0.6 is 0 Å². The zero-order chi connectivity index (χ0) is 8.43. The number of H-pyrrole nitrogens is 1. The molecule has 1 rings (SSSR count). The van der Waals surface area contributed by atoms with Gasteiger partial charge in [0, 0.05) is 0 Å². The lowest BCUT2D eigenvalue weighted by atomic mass is 10.4. The Morgan fingerprint density at radius 3 is 2.82 bits per heavy atom. The average Bonchev–Trinajstić information content (AvgIpc) is 2.18. The minimum atomic E-state index is -1.40. The Balaban J connectivity index is 2.92. The van der Waals surface area contributed by atoms with Crippen molar-refractivity contribution >= 4 is 12.0 Å². The van der Waals surface area contributed by atoms with E-state index < -0.39 is 6.16 Å². The molecule has 0 fully saturated rings. The number of aromatic amines is 1. The number of carbonyl (C=O) groups is 1. The van der Waals surface area contributed by atoms with Gasteiger partial charge in [-0.3, -0.25) is 5.10 Å². The van der Waals surface area contributed by atoms with E-state index in [1.807, 2.05) is 0 Å². The van der Waals surface area contributed by atoms with E-state index in [4.69, 9.17) is 10.8 Å². The summed E-state index contributed by atoms with van der Waals surface area (Å²) in [5.41, 5.74) is 5.70. The molecule has 0 aliphatic rings. The molecule has 60 valence electrons. The standard InChI is InChI=1S/C5H7N3O3/c1-2-3(11-5(9)10)4(6)8-7-2/h1H3,(H,9,10)(H3,6,7,8). The van der Waals surface area contributed by atoms with Gasteiger partial charge in [-0.25, -0.2) is 4.79 Å². The predicted molar refractivity (Wildman–Crippen MR) is 36.4 cm³/mol. The molecule has 6 heteroatoms. The number of rotatable bonds is 1. The largest absolute Gasteiger partial charge is 0.511 e. The van der Waals surface area contributed by atoms with Crippen molar-refractivity contribution in [2.75, 3.05) is 5.73 Å². The highest BCUT2D eigenvalue weighted by Gasteiger charge is 2.11. The Morgan fingerprint density at radius 1 is 1.82 bits per heavy atom. The van der Waals surface area contributed by atoms with E-state index in [-0.39, 0.29) is 11.6 Å². The van der Waals surface area contributed by atoms with Crippen LogP contribution in [-0.4, -0.2) is 21.5 Å². The molecule has 0 spiro atoms. The number of nitrogen functional groups attached to an aromatic ring is 1. The van der Waals surface area contributed by atoms with Crippen molar-refractivity contribution in [3.8, 4) is 5.75 Å². The van der Waals surface area contributed by atoms with E-state index in [2.05, 4.69) is 14.9 Å². The normalized spacial score (nSPS) is 9.55. The zero-order valence-electron chi connectivity index (χ0n) is 5.79. The van der Waals surface area contributed by atoms with E-state index in [0.29, 0.717) is 5.69 Å². The van der Waals surface area contributed by atoms with Crippen LogP contribution in [0.25, 0.3) is 0 Å². The first-order valence-electron chi connectivity index (χ1n) is 2.82. The Bertz CT molecular complexity index is 261. The first-order valence-corrected chi connectivity index (χ1v) is 2.82. The quantitative estimate of drug-likeness (QED) is 0.511. The minimum Gasteiger partial charge on any atom is -0.449 e. The van der Waals surface area contributed by atoms with Crippen molar-refractivity contribution in [2.45, 2.75) is 6.92 Å². The fraction of sp³-hybridized carbons (Fsp3) is 0.200. The van der Waals surface area contributed by atoms with Crippen LogP contribution in [0.5, 0.6) is 5.75 Å². The van der Waals surface area contributed by atoms with Crippen LogP contribution in [0.3, 0.4) is 0 Å². The van der Waals surface area contributed by atoms with Crippen molar-refractivity contribution < 1.29 is 14.6 Å². The van der Waals surface area contributed by atoms with Crippen molar-refractivity contribution in [3.63, 3.8) is 0 Å². The summed E-state index contributed by atoms with van der Waals surface area (Å²) in [4.78, 5) is 10.1. The fourth-order valence-corrected chi connectivity index (χ4v) is 0.657. The van der Waals surface area contributed by atoms with E-state index in [1.165, 1.54) is 0 Å². The van der Waals surface area contributed by atoms with Gasteiger partial charge in [0.05, 0.1) is 0 Å². The summed E-state index contributed by atoms with van der Waals surface area (Å²) < 4.78 is 4.31. The molecule has 0 atom stereocenters. The molecule has 0 bridgehead atoms. The molecule has 0 aliphatic carbocycles. The average molecular weight is 157 g/mol. The maximum Gasteiger partial charge on any atom is 0.511 e. The number of hydrogen-bond donors (Lipinski definition) is 3. The summed E-state index contributed by atoms with van der Waals surface area (Å²) in [5, 5.41) is 14.2. The highest BCUT2D eigenvalue weighted by Crippen LogP contribution is 2.21. The molecule has 4 N–H and O–H groups in total. The summed E-state index contributed by atoms with van der Waals surface area (Å²) in [5.74, 6) is 0.183. The number of anilines is 1. The lowest BCUT2D eigenvalue weighted by Crippen LogP contribution is -2.04. The molecular formula is C5H7N3O3. The molecule has 0 saturated heterocycles. The number of nitrogens with zero attached hydrogens (tertiary/aromatic N) is 1. The van der Waals surface area contributed by atoms with Gasteiger partial charge in [0.15, 0.2) is 11.6 Å². The molecule has 1 aromatic heterocycles. The molecule has 0 saturated carbocycles. The van der Waals surface area contributed by atoms with Crippen LogP contribution in [0.2, 0.25) is 0 Å². The van der Waals surface area contributed by atoms with Gasteiger partial charge in [0.2, 0.25) is 0 Å². The number of aromatic nitrogens is 2. The van der Waals surface area contributed by atoms with E-state index >= 15 is 0 Å². The van der Waals surface area contributed by atoms with E-state index in [1.54, 1.807) is 6.92 Å². The minimum absolute atomic E-state index is 0.0671. The van der Waals surface area contributed by atoms with E-state index in [0.717, 1.165) is 0 Å². The Labute approximate surface area is 62.0 Å². The number of hydrogen-bond acceptors (Lipinski definition) is 4. The number of aryl methyl sites for hydroxylation is 1. The second kappa shape index (κ2) is 2.49. The maximum absolute atomic E-state index is 10.1. The lowest BCUT2D eigenvalue weighted by molar-refractivity contribution is 0.144. The summed E-state index contributed by atoms with van der Waals surface area (Å²) >= 11 is 0. The van der Waals surface area contributed by atoms with Crippen LogP contribution in [0, 0.1) is 6.92 Å². The monoisotopic (exact) mass is 157 g/mol. The molecule has 0 aromatic carbocycles. The Kier molecular flexibility index (Phi) is 1.67. The van der Waals surface area contributed by atoms with Crippen molar-refractivity contribution in [1.29, 1.82) is 0 Å². The van der Waals surface area contributed by atoms with Gasteiger partial charge in [-0.05, 0) is 6.92 Å². The molecule has 11 heavy (non-hydrogen) atoms. The zero-order valence-corrected chi connectivity index (χ0v) is 5.79. The third kappa shape index (κ3) is 1.40. The van der Waals surface area contributed by atoms with Crippen molar-refractivity contribution in [3.05, 3.63) is 5.69 Å². The molecule has 0 aliphatic heterocycles. The molecule has 6 nitrogen and oxygen atoms in total. The van der Waals surface area contributed by atoms with Gasteiger partial charge in [-0.15, -0.1) is 0 Å². The second-order valence-corrected chi connectivity index (χ2v) is 1.92.